The normalized spacial score (nSPS) is 11.7. The summed E-state index contributed by atoms with van der Waals surface area (Å²) in [4.78, 5) is 6.83. The second-order valence-corrected chi connectivity index (χ2v) is 5.43. The van der Waals surface area contributed by atoms with Gasteiger partial charge < -0.3 is 15.5 Å². The SMILES string of the molecule is CCNC(=NCCCc1ccccc1)NCCCN(C)C. The molecule has 0 unspecified atom stereocenters. The molecule has 0 bridgehead atoms. The Morgan fingerprint density at radius 3 is 2.52 bits per heavy atom. The highest BCUT2D eigenvalue weighted by molar-refractivity contribution is 5.79. The Labute approximate surface area is 129 Å². The van der Waals surface area contributed by atoms with Crippen LogP contribution in [0.25, 0.3) is 0 Å². The molecule has 0 heterocycles. The Morgan fingerprint density at radius 2 is 1.86 bits per heavy atom. The van der Waals surface area contributed by atoms with Crippen LogP contribution < -0.4 is 10.6 Å². The van der Waals surface area contributed by atoms with Gasteiger partial charge >= 0.3 is 0 Å². The third-order valence-electron chi connectivity index (χ3n) is 3.16. The Morgan fingerprint density at radius 1 is 1.10 bits per heavy atom. The maximum atomic E-state index is 4.63. The van der Waals surface area contributed by atoms with Crippen LogP contribution in [0.5, 0.6) is 0 Å². The number of aryl methyl sites for hydroxylation is 1. The van der Waals surface area contributed by atoms with Crippen LogP contribution in [0, 0.1) is 0 Å². The Hall–Kier alpha value is -1.55. The molecule has 0 aliphatic heterocycles. The van der Waals surface area contributed by atoms with Crippen molar-refractivity contribution in [3.8, 4) is 0 Å². The van der Waals surface area contributed by atoms with Gasteiger partial charge in [0.1, 0.15) is 0 Å². The van der Waals surface area contributed by atoms with E-state index in [1.165, 1.54) is 5.56 Å². The van der Waals surface area contributed by atoms with Crippen molar-refractivity contribution in [1.29, 1.82) is 0 Å². The van der Waals surface area contributed by atoms with Crippen LogP contribution in [0.1, 0.15) is 25.3 Å². The summed E-state index contributed by atoms with van der Waals surface area (Å²) in [6, 6.07) is 10.6. The molecule has 1 aromatic rings. The molecule has 0 saturated carbocycles. The highest BCUT2D eigenvalue weighted by Gasteiger charge is 1.97. The fourth-order valence-electron chi connectivity index (χ4n) is 2.06. The van der Waals surface area contributed by atoms with Crippen molar-refractivity contribution < 1.29 is 0 Å². The second-order valence-electron chi connectivity index (χ2n) is 5.43. The van der Waals surface area contributed by atoms with E-state index in [0.717, 1.165) is 51.4 Å². The Bertz CT molecular complexity index is 387. The summed E-state index contributed by atoms with van der Waals surface area (Å²) in [5.74, 6) is 0.935. The van der Waals surface area contributed by atoms with Crippen LogP contribution >= 0.6 is 0 Å². The summed E-state index contributed by atoms with van der Waals surface area (Å²) >= 11 is 0. The first-order chi connectivity index (χ1) is 10.2. The first-order valence-corrected chi connectivity index (χ1v) is 7.93. The number of hydrogen-bond acceptors (Lipinski definition) is 2. The largest absolute Gasteiger partial charge is 0.357 e. The van der Waals surface area contributed by atoms with E-state index in [2.05, 4.69) is 71.9 Å². The lowest BCUT2D eigenvalue weighted by molar-refractivity contribution is 0.399. The fourth-order valence-corrected chi connectivity index (χ4v) is 2.06. The van der Waals surface area contributed by atoms with Gasteiger partial charge in [0.15, 0.2) is 5.96 Å². The van der Waals surface area contributed by atoms with Crippen LogP contribution in [-0.2, 0) is 6.42 Å². The quantitative estimate of drug-likeness (QED) is 0.416. The van der Waals surface area contributed by atoms with Gasteiger partial charge in [-0.15, -0.1) is 0 Å². The van der Waals surface area contributed by atoms with E-state index >= 15 is 0 Å². The highest BCUT2D eigenvalue weighted by Crippen LogP contribution is 2.02. The number of hydrogen-bond donors (Lipinski definition) is 2. The molecule has 118 valence electrons. The zero-order valence-electron chi connectivity index (χ0n) is 13.7. The molecule has 1 aromatic carbocycles. The molecule has 0 fully saturated rings. The molecule has 2 N–H and O–H groups in total. The van der Waals surface area contributed by atoms with Crippen LogP contribution in [0.15, 0.2) is 35.3 Å². The molecule has 0 aliphatic rings. The molecule has 0 spiro atoms. The van der Waals surface area contributed by atoms with Crippen molar-refractivity contribution in [1.82, 2.24) is 15.5 Å². The van der Waals surface area contributed by atoms with Crippen LogP contribution in [0.4, 0.5) is 0 Å². The van der Waals surface area contributed by atoms with E-state index < -0.39 is 0 Å². The fraction of sp³-hybridized carbons (Fsp3) is 0.588. The van der Waals surface area contributed by atoms with Gasteiger partial charge in [0.2, 0.25) is 0 Å². The van der Waals surface area contributed by atoms with E-state index in [1.807, 2.05) is 0 Å². The molecular weight excluding hydrogens is 260 g/mol. The summed E-state index contributed by atoms with van der Waals surface area (Å²) < 4.78 is 0. The maximum Gasteiger partial charge on any atom is 0.191 e. The van der Waals surface area contributed by atoms with Gasteiger partial charge in [-0.2, -0.15) is 0 Å². The Balaban J connectivity index is 2.24. The molecular formula is C17H30N4. The predicted octanol–water partition coefficient (Wildman–Crippen LogP) is 2.13. The van der Waals surface area contributed by atoms with Crippen molar-refractivity contribution in [2.24, 2.45) is 4.99 Å². The molecule has 0 amide bonds. The molecule has 0 saturated heterocycles. The molecule has 0 aromatic heterocycles. The van der Waals surface area contributed by atoms with Crippen LogP contribution in [0.2, 0.25) is 0 Å². The van der Waals surface area contributed by atoms with Crippen molar-refractivity contribution in [2.45, 2.75) is 26.2 Å². The van der Waals surface area contributed by atoms with Gasteiger partial charge in [0.25, 0.3) is 0 Å². The topological polar surface area (TPSA) is 39.7 Å². The number of guanidine groups is 1. The lowest BCUT2D eigenvalue weighted by Gasteiger charge is -2.13. The minimum absolute atomic E-state index is 0.859. The smallest absolute Gasteiger partial charge is 0.191 e. The molecule has 4 nitrogen and oxygen atoms in total. The molecule has 1 rings (SSSR count). The van der Waals surface area contributed by atoms with Gasteiger partial charge in [-0.1, -0.05) is 30.3 Å². The van der Waals surface area contributed by atoms with E-state index in [1.54, 1.807) is 0 Å². The van der Waals surface area contributed by atoms with Gasteiger partial charge in [-0.3, -0.25) is 4.99 Å². The van der Waals surface area contributed by atoms with E-state index in [9.17, 15) is 0 Å². The van der Waals surface area contributed by atoms with Crippen molar-refractivity contribution in [3.05, 3.63) is 35.9 Å². The summed E-state index contributed by atoms with van der Waals surface area (Å²) in [5.41, 5.74) is 1.39. The average Bonchev–Trinajstić information content (AvgIpc) is 2.48. The maximum absolute atomic E-state index is 4.63. The minimum atomic E-state index is 0.859. The third-order valence-corrected chi connectivity index (χ3v) is 3.16. The number of aliphatic imine (C=N–C) groups is 1. The number of nitrogens with zero attached hydrogens (tertiary/aromatic N) is 2. The monoisotopic (exact) mass is 290 g/mol. The van der Waals surface area contributed by atoms with Crippen molar-refractivity contribution in [2.75, 3.05) is 40.3 Å². The minimum Gasteiger partial charge on any atom is -0.357 e. The first-order valence-electron chi connectivity index (χ1n) is 7.93. The standard InChI is InChI=1S/C17H30N4/c1-4-18-17(20-14-9-15-21(2)3)19-13-8-12-16-10-6-5-7-11-16/h5-7,10-11H,4,8-9,12-15H2,1-3H3,(H2,18,19,20). The van der Waals surface area contributed by atoms with Gasteiger partial charge in [0, 0.05) is 19.6 Å². The average molecular weight is 290 g/mol. The van der Waals surface area contributed by atoms with Crippen LogP contribution in [-0.4, -0.2) is 51.1 Å². The van der Waals surface area contributed by atoms with Gasteiger partial charge in [-0.25, -0.2) is 0 Å². The Kier molecular flexibility index (Phi) is 9.29. The van der Waals surface area contributed by atoms with E-state index in [-0.39, 0.29) is 0 Å². The molecule has 21 heavy (non-hydrogen) atoms. The van der Waals surface area contributed by atoms with Crippen molar-refractivity contribution in [3.63, 3.8) is 0 Å². The summed E-state index contributed by atoms with van der Waals surface area (Å²) in [6.07, 6.45) is 3.30. The van der Waals surface area contributed by atoms with E-state index in [4.69, 9.17) is 0 Å². The second kappa shape index (κ2) is 11.1. The summed E-state index contributed by atoms with van der Waals surface area (Å²) in [7, 11) is 4.20. The zero-order valence-corrected chi connectivity index (χ0v) is 13.7. The molecule has 4 heteroatoms. The van der Waals surface area contributed by atoms with Crippen LogP contribution in [0.3, 0.4) is 0 Å². The first kappa shape index (κ1) is 17.5. The van der Waals surface area contributed by atoms with E-state index in [0.29, 0.717) is 0 Å². The van der Waals surface area contributed by atoms with Crippen molar-refractivity contribution >= 4 is 5.96 Å². The number of rotatable bonds is 9. The number of nitrogens with one attached hydrogen (secondary N) is 2. The van der Waals surface area contributed by atoms with Gasteiger partial charge in [-0.05, 0) is 52.4 Å². The third kappa shape index (κ3) is 9.08. The summed E-state index contributed by atoms with van der Waals surface area (Å²) in [6.45, 7) is 5.92. The zero-order chi connectivity index (χ0) is 15.3. The highest BCUT2D eigenvalue weighted by atomic mass is 15.2. The summed E-state index contributed by atoms with van der Waals surface area (Å²) in [5, 5.41) is 6.68. The lowest BCUT2D eigenvalue weighted by atomic mass is 10.1. The molecule has 0 aliphatic carbocycles. The number of benzene rings is 1. The predicted molar refractivity (Wildman–Crippen MR) is 91.9 cm³/mol. The van der Waals surface area contributed by atoms with Gasteiger partial charge in [0.05, 0.1) is 0 Å². The lowest BCUT2D eigenvalue weighted by Crippen LogP contribution is -2.38. The molecule has 0 atom stereocenters. The molecule has 0 radical (unpaired) electrons.